The number of hydrogen-bond donors (Lipinski definition) is 1. The van der Waals surface area contributed by atoms with Gasteiger partial charge in [-0.15, -0.1) is 0 Å². The van der Waals surface area contributed by atoms with Crippen molar-refractivity contribution in [1.29, 1.82) is 0 Å². The van der Waals surface area contributed by atoms with Gasteiger partial charge in [0.15, 0.2) is 9.84 Å². The van der Waals surface area contributed by atoms with Gasteiger partial charge in [0.25, 0.3) is 0 Å². The monoisotopic (exact) mass is 363 g/mol. The summed E-state index contributed by atoms with van der Waals surface area (Å²) in [6.45, 7) is 8.94. The Hall–Kier alpha value is -0.690. The van der Waals surface area contributed by atoms with Crippen LogP contribution in [0.4, 0.5) is 5.82 Å². The fourth-order valence-corrected chi connectivity index (χ4v) is 3.16. The highest BCUT2D eigenvalue weighted by atomic mass is 79.9. The quantitative estimate of drug-likeness (QED) is 0.870. The predicted octanol–water partition coefficient (Wildman–Crippen LogP) is 2.90. The SMILES string of the molecule is CCCNc1nc(CS(C)(=O)=O)nc(C(C)(C)C)c1Br. The van der Waals surface area contributed by atoms with Gasteiger partial charge in [0, 0.05) is 18.2 Å². The molecule has 7 heteroatoms. The van der Waals surface area contributed by atoms with E-state index in [2.05, 4.69) is 38.1 Å². The Morgan fingerprint density at radius 3 is 2.30 bits per heavy atom. The maximum absolute atomic E-state index is 11.5. The molecule has 114 valence electrons. The lowest BCUT2D eigenvalue weighted by Gasteiger charge is -2.22. The maximum atomic E-state index is 11.5. The van der Waals surface area contributed by atoms with Crippen LogP contribution in [0.3, 0.4) is 0 Å². The van der Waals surface area contributed by atoms with E-state index in [1.54, 1.807) is 0 Å². The van der Waals surface area contributed by atoms with Crippen molar-refractivity contribution in [3.8, 4) is 0 Å². The molecule has 20 heavy (non-hydrogen) atoms. The van der Waals surface area contributed by atoms with E-state index < -0.39 is 9.84 Å². The Morgan fingerprint density at radius 2 is 1.85 bits per heavy atom. The number of rotatable bonds is 5. The maximum Gasteiger partial charge on any atom is 0.154 e. The molecular formula is C13H22BrN3O2S. The highest BCUT2D eigenvalue weighted by Crippen LogP contribution is 2.32. The molecule has 0 unspecified atom stereocenters. The zero-order chi connectivity index (χ0) is 15.6. The molecule has 1 aromatic heterocycles. The molecule has 0 fully saturated rings. The molecule has 0 aliphatic carbocycles. The summed E-state index contributed by atoms with van der Waals surface area (Å²) in [5.74, 6) is 0.842. The second kappa shape index (κ2) is 6.39. The molecule has 0 atom stereocenters. The van der Waals surface area contributed by atoms with Crippen LogP contribution in [0.15, 0.2) is 4.47 Å². The van der Waals surface area contributed by atoms with Gasteiger partial charge in [0.05, 0.1) is 10.2 Å². The molecule has 0 bridgehead atoms. The summed E-state index contributed by atoms with van der Waals surface area (Å²) in [5.41, 5.74) is 0.612. The van der Waals surface area contributed by atoms with Crippen molar-refractivity contribution >= 4 is 31.6 Å². The van der Waals surface area contributed by atoms with E-state index in [0.29, 0.717) is 11.6 Å². The van der Waals surface area contributed by atoms with Crippen LogP contribution in [0.5, 0.6) is 0 Å². The summed E-state index contributed by atoms with van der Waals surface area (Å²) in [7, 11) is -3.16. The number of aromatic nitrogens is 2. The average molecular weight is 364 g/mol. The third kappa shape index (κ3) is 5.01. The van der Waals surface area contributed by atoms with E-state index in [1.807, 2.05) is 20.8 Å². The zero-order valence-corrected chi connectivity index (χ0v) is 15.0. The topological polar surface area (TPSA) is 72.0 Å². The van der Waals surface area contributed by atoms with E-state index >= 15 is 0 Å². The average Bonchev–Trinajstić information content (AvgIpc) is 2.26. The first-order valence-electron chi connectivity index (χ1n) is 6.53. The number of anilines is 1. The van der Waals surface area contributed by atoms with Crippen LogP contribution in [0.2, 0.25) is 0 Å². The van der Waals surface area contributed by atoms with Crippen LogP contribution >= 0.6 is 15.9 Å². The number of halogens is 1. The lowest BCUT2D eigenvalue weighted by atomic mass is 9.92. The molecule has 0 saturated carbocycles. The largest absolute Gasteiger partial charge is 0.369 e. The molecule has 1 N–H and O–H groups in total. The van der Waals surface area contributed by atoms with Crippen LogP contribution in [0.25, 0.3) is 0 Å². The minimum atomic E-state index is -3.16. The van der Waals surface area contributed by atoms with Crippen molar-refractivity contribution < 1.29 is 8.42 Å². The molecule has 0 aromatic carbocycles. The van der Waals surface area contributed by atoms with Gasteiger partial charge in [-0.05, 0) is 22.4 Å². The number of hydrogen-bond acceptors (Lipinski definition) is 5. The normalized spacial score (nSPS) is 12.5. The van der Waals surface area contributed by atoms with Crippen molar-refractivity contribution in [2.24, 2.45) is 0 Å². The summed E-state index contributed by atoms with van der Waals surface area (Å²) in [6.07, 6.45) is 2.15. The molecule has 0 radical (unpaired) electrons. The standard InChI is InChI=1S/C13H22BrN3O2S/c1-6-7-15-12-10(14)11(13(2,3)4)16-9(17-12)8-20(5,18)19/h6-8H2,1-5H3,(H,15,16,17). The van der Waals surface area contributed by atoms with Crippen LogP contribution in [0, 0.1) is 0 Å². The second-order valence-corrected chi connectivity index (χ2v) is 8.83. The molecule has 1 rings (SSSR count). The summed E-state index contributed by atoms with van der Waals surface area (Å²) >= 11 is 3.52. The Kier molecular flexibility index (Phi) is 5.54. The lowest BCUT2D eigenvalue weighted by Crippen LogP contribution is -2.19. The van der Waals surface area contributed by atoms with E-state index in [1.165, 1.54) is 6.26 Å². The fraction of sp³-hybridized carbons (Fsp3) is 0.692. The molecule has 5 nitrogen and oxygen atoms in total. The molecule has 1 aromatic rings. The molecular weight excluding hydrogens is 342 g/mol. The smallest absolute Gasteiger partial charge is 0.154 e. The fourth-order valence-electron chi connectivity index (χ4n) is 1.65. The third-order valence-corrected chi connectivity index (χ3v) is 4.08. The van der Waals surface area contributed by atoms with Gasteiger partial charge in [0.1, 0.15) is 17.4 Å². The minimum absolute atomic E-state index is 0.149. The van der Waals surface area contributed by atoms with Gasteiger partial charge in [-0.3, -0.25) is 0 Å². The van der Waals surface area contributed by atoms with E-state index in [0.717, 1.165) is 23.1 Å². The number of sulfone groups is 1. The van der Waals surface area contributed by atoms with Crippen molar-refractivity contribution in [1.82, 2.24) is 9.97 Å². The van der Waals surface area contributed by atoms with Crippen LogP contribution in [-0.4, -0.2) is 31.2 Å². The predicted molar refractivity (Wildman–Crippen MR) is 85.8 cm³/mol. The lowest BCUT2D eigenvalue weighted by molar-refractivity contribution is 0.558. The van der Waals surface area contributed by atoms with Gasteiger partial charge >= 0.3 is 0 Å². The molecule has 0 amide bonds. The Morgan fingerprint density at radius 1 is 1.25 bits per heavy atom. The summed E-state index contributed by atoms with van der Waals surface area (Å²) < 4.78 is 23.7. The Balaban J connectivity index is 3.33. The van der Waals surface area contributed by atoms with Gasteiger partial charge in [-0.1, -0.05) is 27.7 Å². The highest BCUT2D eigenvalue weighted by molar-refractivity contribution is 9.10. The Labute approximate surface area is 129 Å². The van der Waals surface area contributed by atoms with E-state index in [-0.39, 0.29) is 11.2 Å². The van der Waals surface area contributed by atoms with Crippen molar-refractivity contribution in [2.75, 3.05) is 18.1 Å². The summed E-state index contributed by atoms with van der Waals surface area (Å²) in [4.78, 5) is 8.74. The van der Waals surface area contributed by atoms with Crippen molar-refractivity contribution in [2.45, 2.75) is 45.3 Å². The molecule has 0 aliphatic heterocycles. The summed E-state index contributed by atoms with van der Waals surface area (Å²) in [5, 5.41) is 3.21. The molecule has 0 aliphatic rings. The molecule has 0 saturated heterocycles. The second-order valence-electron chi connectivity index (χ2n) is 5.90. The highest BCUT2D eigenvalue weighted by Gasteiger charge is 2.24. The van der Waals surface area contributed by atoms with Crippen LogP contribution in [0.1, 0.15) is 45.6 Å². The van der Waals surface area contributed by atoms with Crippen LogP contribution in [-0.2, 0) is 21.0 Å². The number of nitrogens with zero attached hydrogens (tertiary/aromatic N) is 2. The first kappa shape index (κ1) is 17.4. The first-order valence-corrected chi connectivity index (χ1v) is 9.38. The van der Waals surface area contributed by atoms with E-state index in [4.69, 9.17) is 0 Å². The molecule has 1 heterocycles. The van der Waals surface area contributed by atoms with Crippen molar-refractivity contribution in [3.05, 3.63) is 16.0 Å². The van der Waals surface area contributed by atoms with Gasteiger partial charge in [0.2, 0.25) is 0 Å². The van der Waals surface area contributed by atoms with Gasteiger partial charge in [-0.25, -0.2) is 18.4 Å². The van der Waals surface area contributed by atoms with Crippen LogP contribution < -0.4 is 5.32 Å². The van der Waals surface area contributed by atoms with Crippen molar-refractivity contribution in [3.63, 3.8) is 0 Å². The third-order valence-electron chi connectivity index (χ3n) is 2.54. The minimum Gasteiger partial charge on any atom is -0.369 e. The molecule has 0 spiro atoms. The first-order chi connectivity index (χ1) is 9.04. The van der Waals surface area contributed by atoms with Gasteiger partial charge in [-0.2, -0.15) is 0 Å². The number of nitrogens with one attached hydrogen (secondary N) is 1. The van der Waals surface area contributed by atoms with E-state index in [9.17, 15) is 8.42 Å². The Bertz CT molecular complexity index is 580. The van der Waals surface area contributed by atoms with Gasteiger partial charge < -0.3 is 5.32 Å². The zero-order valence-electron chi connectivity index (χ0n) is 12.6. The summed E-state index contributed by atoms with van der Waals surface area (Å²) in [6, 6.07) is 0.